The molecule has 2 aromatic carbocycles. The van der Waals surface area contributed by atoms with Crippen molar-refractivity contribution in [1.29, 1.82) is 0 Å². The number of nitrogens with zero attached hydrogens (tertiary/aromatic N) is 2. The van der Waals surface area contributed by atoms with Crippen LogP contribution >= 0.6 is 0 Å². The molecular weight excluding hydrogens is 224 g/mol. The summed E-state index contributed by atoms with van der Waals surface area (Å²) in [5.41, 5.74) is 16.4. The van der Waals surface area contributed by atoms with Gasteiger partial charge in [-0.05, 0) is 43.7 Å². The van der Waals surface area contributed by atoms with Crippen LogP contribution in [0.25, 0.3) is 0 Å². The highest BCUT2D eigenvalue weighted by atomic mass is 15.1. The van der Waals surface area contributed by atoms with Crippen molar-refractivity contribution in [3.63, 3.8) is 0 Å². The van der Waals surface area contributed by atoms with E-state index in [9.17, 15) is 0 Å². The first kappa shape index (κ1) is 12.1. The SMILES string of the molecule is Cc1ccc(N=Nc2ccc(N)c(C)c2N)cc1. The summed E-state index contributed by atoms with van der Waals surface area (Å²) in [6.45, 7) is 3.90. The highest BCUT2D eigenvalue weighted by molar-refractivity contribution is 5.73. The van der Waals surface area contributed by atoms with Gasteiger partial charge in [0.2, 0.25) is 0 Å². The number of aryl methyl sites for hydroxylation is 1. The van der Waals surface area contributed by atoms with Crippen molar-refractivity contribution in [2.45, 2.75) is 13.8 Å². The van der Waals surface area contributed by atoms with Gasteiger partial charge in [0.05, 0.1) is 11.4 Å². The van der Waals surface area contributed by atoms with E-state index in [-0.39, 0.29) is 0 Å². The van der Waals surface area contributed by atoms with Crippen molar-refractivity contribution in [3.05, 3.63) is 47.5 Å². The van der Waals surface area contributed by atoms with E-state index in [0.717, 1.165) is 11.3 Å². The maximum Gasteiger partial charge on any atom is 0.109 e. The molecule has 0 aliphatic carbocycles. The summed E-state index contributed by atoms with van der Waals surface area (Å²) < 4.78 is 0. The van der Waals surface area contributed by atoms with Gasteiger partial charge < -0.3 is 11.5 Å². The van der Waals surface area contributed by atoms with Gasteiger partial charge in [0.15, 0.2) is 0 Å². The third kappa shape index (κ3) is 2.48. The molecule has 4 N–H and O–H groups in total. The van der Waals surface area contributed by atoms with Gasteiger partial charge in [-0.2, -0.15) is 5.11 Å². The van der Waals surface area contributed by atoms with E-state index in [2.05, 4.69) is 10.2 Å². The van der Waals surface area contributed by atoms with Crippen LogP contribution in [-0.2, 0) is 0 Å². The summed E-state index contributed by atoms with van der Waals surface area (Å²) in [7, 11) is 0. The number of nitrogens with two attached hydrogens (primary N) is 2. The first-order chi connectivity index (χ1) is 8.58. The van der Waals surface area contributed by atoms with Crippen molar-refractivity contribution < 1.29 is 0 Å². The lowest BCUT2D eigenvalue weighted by Gasteiger charge is -2.05. The molecule has 0 amide bonds. The molecule has 0 bridgehead atoms. The molecule has 0 fully saturated rings. The number of benzene rings is 2. The Morgan fingerprint density at radius 3 is 2.17 bits per heavy atom. The molecule has 0 aromatic heterocycles. The lowest BCUT2D eigenvalue weighted by Crippen LogP contribution is -1.95. The minimum absolute atomic E-state index is 0.575. The second-order valence-electron chi connectivity index (χ2n) is 4.25. The highest BCUT2D eigenvalue weighted by Gasteiger charge is 2.03. The van der Waals surface area contributed by atoms with Crippen LogP contribution in [0.2, 0.25) is 0 Å². The fourth-order valence-electron chi connectivity index (χ4n) is 1.54. The van der Waals surface area contributed by atoms with Gasteiger partial charge in [-0.25, -0.2) is 0 Å². The summed E-state index contributed by atoms with van der Waals surface area (Å²) in [6, 6.07) is 11.4. The van der Waals surface area contributed by atoms with Gasteiger partial charge >= 0.3 is 0 Å². The number of rotatable bonds is 2. The number of hydrogen-bond donors (Lipinski definition) is 2. The molecule has 18 heavy (non-hydrogen) atoms. The quantitative estimate of drug-likeness (QED) is 0.617. The summed E-state index contributed by atoms with van der Waals surface area (Å²) >= 11 is 0. The van der Waals surface area contributed by atoms with E-state index < -0.39 is 0 Å². The van der Waals surface area contributed by atoms with Crippen molar-refractivity contribution in [2.75, 3.05) is 11.5 Å². The highest BCUT2D eigenvalue weighted by Crippen LogP contribution is 2.30. The summed E-state index contributed by atoms with van der Waals surface area (Å²) in [6.07, 6.45) is 0. The maximum atomic E-state index is 5.94. The third-order valence-electron chi connectivity index (χ3n) is 2.84. The number of anilines is 2. The van der Waals surface area contributed by atoms with Gasteiger partial charge in [0.1, 0.15) is 5.69 Å². The van der Waals surface area contributed by atoms with Crippen LogP contribution in [0.3, 0.4) is 0 Å². The molecule has 92 valence electrons. The van der Waals surface area contributed by atoms with Crippen LogP contribution in [0.4, 0.5) is 22.7 Å². The Morgan fingerprint density at radius 2 is 1.50 bits per heavy atom. The number of nitrogen functional groups attached to an aromatic ring is 2. The average Bonchev–Trinajstić information content (AvgIpc) is 2.37. The monoisotopic (exact) mass is 240 g/mol. The van der Waals surface area contributed by atoms with E-state index in [1.165, 1.54) is 5.56 Å². The van der Waals surface area contributed by atoms with Crippen LogP contribution in [0.1, 0.15) is 11.1 Å². The molecule has 0 heterocycles. The van der Waals surface area contributed by atoms with Crippen LogP contribution in [0.5, 0.6) is 0 Å². The van der Waals surface area contributed by atoms with E-state index in [1.807, 2.05) is 38.1 Å². The van der Waals surface area contributed by atoms with E-state index in [1.54, 1.807) is 12.1 Å². The Bertz CT molecular complexity index is 585. The van der Waals surface area contributed by atoms with Crippen LogP contribution in [-0.4, -0.2) is 0 Å². The lowest BCUT2D eigenvalue weighted by atomic mass is 10.1. The molecule has 0 spiro atoms. The standard InChI is InChI=1S/C14H16N4/c1-9-3-5-11(6-4-9)17-18-13-8-7-12(15)10(2)14(13)16/h3-8H,15-16H2,1-2H3. The van der Waals surface area contributed by atoms with Gasteiger partial charge in [-0.1, -0.05) is 17.7 Å². The zero-order valence-corrected chi connectivity index (χ0v) is 10.5. The molecule has 0 aliphatic heterocycles. The maximum absolute atomic E-state index is 5.94. The predicted molar refractivity (Wildman–Crippen MR) is 75.4 cm³/mol. The molecule has 4 heteroatoms. The third-order valence-corrected chi connectivity index (χ3v) is 2.84. The summed E-state index contributed by atoms with van der Waals surface area (Å²) in [4.78, 5) is 0. The Kier molecular flexibility index (Phi) is 3.28. The largest absolute Gasteiger partial charge is 0.398 e. The van der Waals surface area contributed by atoms with Crippen molar-refractivity contribution in [3.8, 4) is 0 Å². The van der Waals surface area contributed by atoms with E-state index in [4.69, 9.17) is 11.5 Å². The molecule has 0 radical (unpaired) electrons. The predicted octanol–water partition coefficient (Wildman–Crippen LogP) is 3.88. The average molecular weight is 240 g/mol. The Hall–Kier alpha value is -2.36. The van der Waals surface area contributed by atoms with Crippen molar-refractivity contribution in [2.24, 2.45) is 10.2 Å². The molecule has 0 atom stereocenters. The van der Waals surface area contributed by atoms with Crippen LogP contribution in [0.15, 0.2) is 46.6 Å². The first-order valence-electron chi connectivity index (χ1n) is 5.71. The molecule has 0 aliphatic rings. The zero-order chi connectivity index (χ0) is 13.1. The van der Waals surface area contributed by atoms with Gasteiger partial charge in [-0.3, -0.25) is 0 Å². The minimum Gasteiger partial charge on any atom is -0.398 e. The summed E-state index contributed by atoms with van der Waals surface area (Å²) in [5, 5.41) is 8.31. The zero-order valence-electron chi connectivity index (χ0n) is 10.5. The normalized spacial score (nSPS) is 11.0. The molecule has 4 nitrogen and oxygen atoms in total. The second-order valence-corrected chi connectivity index (χ2v) is 4.25. The molecule has 2 rings (SSSR count). The lowest BCUT2D eigenvalue weighted by molar-refractivity contribution is 1.22. The fourth-order valence-corrected chi connectivity index (χ4v) is 1.54. The molecular formula is C14H16N4. The van der Waals surface area contributed by atoms with Crippen molar-refractivity contribution in [1.82, 2.24) is 0 Å². The van der Waals surface area contributed by atoms with E-state index in [0.29, 0.717) is 17.1 Å². The van der Waals surface area contributed by atoms with Gasteiger partial charge in [-0.15, -0.1) is 5.11 Å². The summed E-state index contributed by atoms with van der Waals surface area (Å²) in [5.74, 6) is 0. The smallest absolute Gasteiger partial charge is 0.109 e. The van der Waals surface area contributed by atoms with Gasteiger partial charge in [0, 0.05) is 5.69 Å². The first-order valence-corrected chi connectivity index (χ1v) is 5.71. The fraction of sp³-hybridized carbons (Fsp3) is 0.143. The molecule has 2 aromatic rings. The molecule has 0 saturated carbocycles. The number of azo groups is 1. The van der Waals surface area contributed by atoms with Crippen LogP contribution < -0.4 is 11.5 Å². The minimum atomic E-state index is 0.575. The van der Waals surface area contributed by atoms with Crippen LogP contribution in [0, 0.1) is 13.8 Å². The topological polar surface area (TPSA) is 76.8 Å². The molecule has 0 unspecified atom stereocenters. The number of hydrogen-bond acceptors (Lipinski definition) is 4. The van der Waals surface area contributed by atoms with E-state index >= 15 is 0 Å². The van der Waals surface area contributed by atoms with Gasteiger partial charge in [0.25, 0.3) is 0 Å². The molecule has 0 saturated heterocycles. The Morgan fingerprint density at radius 1 is 0.833 bits per heavy atom. The second kappa shape index (κ2) is 4.87. The van der Waals surface area contributed by atoms with Crippen molar-refractivity contribution >= 4 is 22.7 Å². The Labute approximate surface area is 106 Å². The Balaban J connectivity index is 2.29.